The molecule has 0 spiro atoms. The molecule has 1 aliphatic carbocycles. The Morgan fingerprint density at radius 2 is 1.93 bits per heavy atom. The van der Waals surface area contributed by atoms with Crippen molar-refractivity contribution < 1.29 is 9.18 Å². The van der Waals surface area contributed by atoms with E-state index in [1.165, 1.54) is 6.07 Å². The van der Waals surface area contributed by atoms with Crippen molar-refractivity contribution in [2.45, 2.75) is 12.7 Å². The first kappa shape index (κ1) is 17.9. The lowest BCUT2D eigenvalue weighted by Crippen LogP contribution is -2.44. The Morgan fingerprint density at radius 3 is 2.68 bits per heavy atom. The maximum atomic E-state index is 13.7. The van der Waals surface area contributed by atoms with Gasteiger partial charge in [0.05, 0.1) is 12.8 Å². The lowest BCUT2D eigenvalue weighted by Gasteiger charge is -2.35. The molecule has 0 radical (unpaired) electrons. The number of benzene rings is 2. The fraction of sp³-hybridized carbons (Fsp3) is 0.381. The van der Waals surface area contributed by atoms with E-state index in [-0.39, 0.29) is 23.8 Å². The van der Waals surface area contributed by atoms with Gasteiger partial charge in [0.1, 0.15) is 5.82 Å². The van der Waals surface area contributed by atoms with E-state index in [0.29, 0.717) is 30.1 Å². The van der Waals surface area contributed by atoms with Crippen molar-refractivity contribution in [1.82, 2.24) is 15.5 Å². The molecule has 2 aliphatic heterocycles. The molecule has 146 valence electrons. The molecule has 2 unspecified atom stereocenters. The van der Waals surface area contributed by atoms with Crippen LogP contribution in [0.5, 0.6) is 0 Å². The number of hydrogen-bond acceptors (Lipinski definition) is 4. The largest absolute Gasteiger partial charge is 0.372 e. The van der Waals surface area contributed by atoms with E-state index in [4.69, 9.17) is 11.6 Å². The van der Waals surface area contributed by atoms with E-state index in [9.17, 15) is 9.18 Å². The lowest BCUT2D eigenvalue weighted by molar-refractivity contribution is -0.123. The second-order valence-corrected chi connectivity index (χ2v) is 8.28. The zero-order chi connectivity index (χ0) is 19.3. The van der Waals surface area contributed by atoms with Crippen LogP contribution in [0.3, 0.4) is 0 Å². The van der Waals surface area contributed by atoms with Gasteiger partial charge in [0, 0.05) is 41.8 Å². The van der Waals surface area contributed by atoms with Crippen LogP contribution in [0.25, 0.3) is 0 Å². The minimum atomic E-state index is -0.224. The number of nitrogens with one attached hydrogen (secondary N) is 3. The molecule has 2 aromatic rings. The van der Waals surface area contributed by atoms with Gasteiger partial charge in [-0.2, -0.15) is 0 Å². The number of hydrogen-bond donors (Lipinski definition) is 3. The molecule has 3 N–H and O–H groups in total. The molecule has 5 rings (SSSR count). The van der Waals surface area contributed by atoms with Crippen LogP contribution in [0.4, 0.5) is 10.1 Å². The number of carbonyl (C=O) groups excluding carboxylic acids is 1. The van der Waals surface area contributed by atoms with Gasteiger partial charge in [0.2, 0.25) is 5.91 Å². The summed E-state index contributed by atoms with van der Waals surface area (Å²) >= 11 is 5.90. The molecule has 4 atom stereocenters. The van der Waals surface area contributed by atoms with Gasteiger partial charge in [0.15, 0.2) is 0 Å². The average Bonchev–Trinajstić information content (AvgIpc) is 3.20. The third-order valence-electron chi connectivity index (χ3n) is 6.15. The highest BCUT2D eigenvalue weighted by Crippen LogP contribution is 2.53. The fourth-order valence-corrected chi connectivity index (χ4v) is 4.79. The molecule has 2 fully saturated rings. The third kappa shape index (κ3) is 3.26. The van der Waals surface area contributed by atoms with Gasteiger partial charge in [-0.05, 0) is 47.7 Å². The third-order valence-corrected chi connectivity index (χ3v) is 6.40. The summed E-state index contributed by atoms with van der Waals surface area (Å²) < 4.78 is 13.7. The van der Waals surface area contributed by atoms with Crippen LogP contribution in [0.2, 0.25) is 5.02 Å². The number of likely N-dealkylation sites (tertiary alicyclic amines) is 1. The summed E-state index contributed by atoms with van der Waals surface area (Å²) in [6.07, 6.45) is -0.00229. The Balaban J connectivity index is 1.18. The van der Waals surface area contributed by atoms with Crippen molar-refractivity contribution in [1.29, 1.82) is 0 Å². The van der Waals surface area contributed by atoms with Gasteiger partial charge in [-0.1, -0.05) is 23.7 Å². The van der Waals surface area contributed by atoms with Gasteiger partial charge in [-0.25, -0.2) is 4.39 Å². The molecule has 28 heavy (non-hydrogen) atoms. The van der Waals surface area contributed by atoms with Crippen LogP contribution in [-0.4, -0.2) is 30.6 Å². The maximum Gasteiger partial charge on any atom is 0.224 e. The molecule has 7 heteroatoms. The molecule has 0 bridgehead atoms. The van der Waals surface area contributed by atoms with Crippen molar-refractivity contribution in [3.63, 3.8) is 0 Å². The highest BCUT2D eigenvalue weighted by atomic mass is 35.5. The van der Waals surface area contributed by atoms with Crippen molar-refractivity contribution in [2.75, 3.05) is 25.1 Å². The van der Waals surface area contributed by atoms with Crippen molar-refractivity contribution >= 4 is 23.2 Å². The monoisotopic (exact) mass is 400 g/mol. The van der Waals surface area contributed by atoms with Crippen LogP contribution in [0.1, 0.15) is 17.3 Å². The molecular weight excluding hydrogens is 379 g/mol. The van der Waals surface area contributed by atoms with Gasteiger partial charge < -0.3 is 10.6 Å². The van der Waals surface area contributed by atoms with Crippen molar-refractivity contribution in [3.05, 3.63) is 64.4 Å². The number of anilines is 1. The summed E-state index contributed by atoms with van der Waals surface area (Å²) in [5.74, 6) is 0.780. The fourth-order valence-electron chi connectivity index (χ4n) is 4.67. The first-order chi connectivity index (χ1) is 13.6. The van der Waals surface area contributed by atoms with Crippen LogP contribution < -0.4 is 16.0 Å². The second-order valence-electron chi connectivity index (χ2n) is 7.84. The summed E-state index contributed by atoms with van der Waals surface area (Å²) in [4.78, 5) is 14.9. The Bertz CT molecular complexity index is 894. The summed E-state index contributed by atoms with van der Waals surface area (Å²) in [7, 11) is 0. The van der Waals surface area contributed by atoms with Crippen LogP contribution in [0, 0.1) is 23.6 Å². The van der Waals surface area contributed by atoms with Gasteiger partial charge in [0.25, 0.3) is 0 Å². The predicted molar refractivity (Wildman–Crippen MR) is 106 cm³/mol. The number of carbonyl (C=O) groups is 1. The molecule has 2 heterocycles. The number of nitrogens with zero attached hydrogens (tertiary/aromatic N) is 1. The van der Waals surface area contributed by atoms with E-state index < -0.39 is 0 Å². The van der Waals surface area contributed by atoms with E-state index in [2.05, 4.69) is 20.9 Å². The number of piperidine rings is 1. The molecule has 1 saturated heterocycles. The van der Waals surface area contributed by atoms with Gasteiger partial charge in [-0.3, -0.25) is 15.0 Å². The number of halogens is 2. The van der Waals surface area contributed by atoms with Crippen molar-refractivity contribution in [3.8, 4) is 0 Å². The van der Waals surface area contributed by atoms with Crippen LogP contribution in [0.15, 0.2) is 42.5 Å². The molecule has 1 saturated carbocycles. The lowest BCUT2D eigenvalue weighted by atomic mass is 10.1. The van der Waals surface area contributed by atoms with Crippen LogP contribution in [-0.2, 0) is 11.3 Å². The summed E-state index contributed by atoms with van der Waals surface area (Å²) in [5, 5.41) is 10.4. The zero-order valence-electron chi connectivity index (χ0n) is 15.3. The average molecular weight is 401 g/mol. The topological polar surface area (TPSA) is 56.4 Å². The molecule has 1 amide bonds. The molecule has 5 nitrogen and oxygen atoms in total. The van der Waals surface area contributed by atoms with E-state index in [1.54, 1.807) is 12.1 Å². The Kier molecular flexibility index (Phi) is 4.50. The van der Waals surface area contributed by atoms with Crippen molar-refractivity contribution in [2.24, 2.45) is 17.8 Å². The first-order valence-corrected chi connectivity index (χ1v) is 10.0. The molecule has 2 aromatic carbocycles. The highest BCUT2D eigenvalue weighted by Gasteiger charge is 2.60. The summed E-state index contributed by atoms with van der Waals surface area (Å²) in [5.41, 5.74) is 2.96. The minimum absolute atomic E-state index is 0.00229. The minimum Gasteiger partial charge on any atom is -0.372 e. The normalized spacial score (nSPS) is 28.2. The smallest absolute Gasteiger partial charge is 0.224 e. The first-order valence-electron chi connectivity index (χ1n) is 9.63. The molecule has 3 aliphatic rings. The van der Waals surface area contributed by atoms with E-state index >= 15 is 0 Å². The number of amides is 1. The summed E-state index contributed by atoms with van der Waals surface area (Å²) in [6.45, 7) is 2.90. The Morgan fingerprint density at radius 1 is 1.18 bits per heavy atom. The van der Waals surface area contributed by atoms with Crippen LogP contribution >= 0.6 is 11.6 Å². The molecule has 0 aromatic heterocycles. The van der Waals surface area contributed by atoms with E-state index in [1.807, 2.05) is 24.3 Å². The Hall–Kier alpha value is -2.15. The standard InChI is InChI=1S/C21H22ClFN4O/c22-13-3-1-12(2-4-13)8-24-21(28)19-16-9-27(10-17(16)19)20-15-7-14(23)5-6-18(15)25-11-26-20/h1-7,16-17,19-20,25-26H,8-11H2,(H,24,28)/t16-,17+,19?,20?. The quantitative estimate of drug-likeness (QED) is 0.738. The number of rotatable bonds is 4. The SMILES string of the molecule is O=C(NCc1ccc(Cl)cc1)C1[C@H]2CN(C3NCNc4ccc(F)cc43)C[C@@H]12. The summed E-state index contributed by atoms with van der Waals surface area (Å²) in [6, 6.07) is 12.4. The maximum absolute atomic E-state index is 13.7. The number of fused-ring (bicyclic) bond motifs is 2. The van der Waals surface area contributed by atoms with Gasteiger partial charge >= 0.3 is 0 Å². The molecular formula is C21H22ClFN4O. The predicted octanol–water partition coefficient (Wildman–Crippen LogP) is 2.94. The second kappa shape index (κ2) is 7.03. The van der Waals surface area contributed by atoms with Gasteiger partial charge in [-0.15, -0.1) is 0 Å². The Labute approximate surface area is 168 Å². The van der Waals surface area contributed by atoms with E-state index in [0.717, 1.165) is 29.9 Å². The zero-order valence-corrected chi connectivity index (χ0v) is 16.0. The highest BCUT2D eigenvalue weighted by molar-refractivity contribution is 6.30.